The van der Waals surface area contributed by atoms with Crippen LogP contribution in [0.2, 0.25) is 0 Å². The van der Waals surface area contributed by atoms with E-state index in [1.807, 2.05) is 54.0 Å². The molecule has 2 aromatic heterocycles. The molecule has 0 unspecified atom stereocenters. The minimum absolute atomic E-state index is 0.184. The lowest BCUT2D eigenvalue weighted by molar-refractivity contribution is -0.142. The summed E-state index contributed by atoms with van der Waals surface area (Å²) < 4.78 is 6.83. The van der Waals surface area contributed by atoms with Crippen LogP contribution in [0.3, 0.4) is 0 Å². The van der Waals surface area contributed by atoms with Crippen LogP contribution in [-0.2, 0) is 19.1 Å². The molecule has 2 heterocycles. The molecule has 2 amide bonds. The van der Waals surface area contributed by atoms with Gasteiger partial charge in [-0.05, 0) is 53.9 Å². The average Bonchev–Trinajstić information content (AvgIpc) is 3.53. The molecule has 0 atom stereocenters. The second-order valence-corrected chi connectivity index (χ2v) is 8.39. The number of thiophene rings is 1. The Labute approximate surface area is 205 Å². The number of nitrogens with one attached hydrogen (secondary N) is 2. The molecule has 2 aromatic carbocycles. The summed E-state index contributed by atoms with van der Waals surface area (Å²) in [4.78, 5) is 36.4. The Morgan fingerprint density at radius 1 is 0.971 bits per heavy atom. The van der Waals surface area contributed by atoms with Gasteiger partial charge in [-0.3, -0.25) is 9.59 Å². The first-order chi connectivity index (χ1) is 17.0. The van der Waals surface area contributed by atoms with E-state index in [2.05, 4.69) is 15.7 Å². The molecule has 35 heavy (non-hydrogen) atoms. The van der Waals surface area contributed by atoms with Crippen LogP contribution in [0, 0.1) is 0 Å². The topological polar surface area (TPSA) is 102 Å². The van der Waals surface area contributed by atoms with Crippen LogP contribution in [-0.4, -0.2) is 34.2 Å². The van der Waals surface area contributed by atoms with Gasteiger partial charge in [0, 0.05) is 36.1 Å². The zero-order valence-electron chi connectivity index (χ0n) is 18.8. The van der Waals surface area contributed by atoms with E-state index in [9.17, 15) is 14.4 Å². The summed E-state index contributed by atoms with van der Waals surface area (Å²) in [5, 5.41) is 11.9. The van der Waals surface area contributed by atoms with Gasteiger partial charge in [-0.25, -0.2) is 9.48 Å². The third kappa shape index (κ3) is 6.52. The predicted molar refractivity (Wildman–Crippen MR) is 136 cm³/mol. The molecule has 4 rings (SSSR count). The van der Waals surface area contributed by atoms with Gasteiger partial charge in [-0.15, -0.1) is 11.3 Å². The van der Waals surface area contributed by atoms with Gasteiger partial charge >= 0.3 is 5.97 Å². The summed E-state index contributed by atoms with van der Waals surface area (Å²) in [5.74, 6) is -1.31. The molecule has 0 aliphatic heterocycles. The van der Waals surface area contributed by atoms with E-state index in [0.29, 0.717) is 11.4 Å². The molecule has 2 N–H and O–H groups in total. The highest BCUT2D eigenvalue weighted by molar-refractivity contribution is 7.13. The number of benzene rings is 2. The van der Waals surface area contributed by atoms with Gasteiger partial charge in [0.2, 0.25) is 5.91 Å². The van der Waals surface area contributed by atoms with E-state index in [1.54, 1.807) is 46.4 Å². The third-order valence-corrected chi connectivity index (χ3v) is 5.63. The Balaban J connectivity index is 1.37. The highest BCUT2D eigenvalue weighted by Gasteiger charge is 2.12. The fourth-order valence-corrected chi connectivity index (χ4v) is 3.94. The van der Waals surface area contributed by atoms with Crippen molar-refractivity contribution >= 4 is 46.6 Å². The first kappa shape index (κ1) is 23.7. The summed E-state index contributed by atoms with van der Waals surface area (Å²) in [7, 11) is 0. The van der Waals surface area contributed by atoms with Crippen molar-refractivity contribution in [1.29, 1.82) is 0 Å². The number of anilines is 2. The fraction of sp³-hybridized carbons (Fsp3) is 0.0769. The molecular formula is C26H22N4O4S. The number of nitrogens with zero attached hydrogens (tertiary/aromatic N) is 2. The van der Waals surface area contributed by atoms with Gasteiger partial charge in [-0.1, -0.05) is 24.3 Å². The van der Waals surface area contributed by atoms with Crippen LogP contribution in [0.1, 0.15) is 12.5 Å². The number of hydrogen-bond acceptors (Lipinski definition) is 6. The number of esters is 1. The van der Waals surface area contributed by atoms with Crippen LogP contribution < -0.4 is 10.6 Å². The second-order valence-electron chi connectivity index (χ2n) is 7.44. The fourth-order valence-electron chi connectivity index (χ4n) is 3.21. The molecule has 0 saturated carbocycles. The lowest BCUT2D eigenvalue weighted by atomic mass is 10.2. The number of rotatable bonds is 8. The number of para-hydroxylation sites is 1. The average molecular weight is 487 g/mol. The molecule has 176 valence electrons. The van der Waals surface area contributed by atoms with E-state index in [1.165, 1.54) is 13.0 Å². The lowest BCUT2D eigenvalue weighted by Gasteiger charge is -2.07. The normalized spacial score (nSPS) is 10.8. The lowest BCUT2D eigenvalue weighted by Crippen LogP contribution is -2.20. The van der Waals surface area contributed by atoms with Crippen molar-refractivity contribution in [3.05, 3.63) is 89.9 Å². The monoisotopic (exact) mass is 486 g/mol. The quantitative estimate of drug-likeness (QED) is 0.276. The Bertz CT molecular complexity index is 1340. The minimum atomic E-state index is -0.647. The van der Waals surface area contributed by atoms with Crippen LogP contribution >= 0.6 is 11.3 Å². The summed E-state index contributed by atoms with van der Waals surface area (Å²) >= 11 is 1.55. The van der Waals surface area contributed by atoms with E-state index in [4.69, 9.17) is 4.74 Å². The van der Waals surface area contributed by atoms with E-state index >= 15 is 0 Å². The van der Waals surface area contributed by atoms with Gasteiger partial charge in [-0.2, -0.15) is 5.10 Å². The maximum absolute atomic E-state index is 12.2. The molecular weight excluding hydrogens is 464 g/mol. The molecule has 0 spiro atoms. The minimum Gasteiger partial charge on any atom is -0.452 e. The smallest absolute Gasteiger partial charge is 0.331 e. The maximum Gasteiger partial charge on any atom is 0.331 e. The van der Waals surface area contributed by atoms with E-state index in [0.717, 1.165) is 21.8 Å². The highest BCUT2D eigenvalue weighted by Crippen LogP contribution is 2.28. The van der Waals surface area contributed by atoms with Crippen molar-refractivity contribution in [3.63, 3.8) is 0 Å². The molecule has 4 aromatic rings. The Hall–Kier alpha value is -4.50. The third-order valence-electron chi connectivity index (χ3n) is 4.75. The number of ether oxygens (including phenoxy) is 1. The van der Waals surface area contributed by atoms with Crippen LogP contribution in [0.15, 0.2) is 84.4 Å². The van der Waals surface area contributed by atoms with Gasteiger partial charge in [0.1, 0.15) is 5.69 Å². The van der Waals surface area contributed by atoms with Crippen molar-refractivity contribution in [1.82, 2.24) is 9.78 Å². The molecule has 0 aliphatic carbocycles. The first-order valence-corrected chi connectivity index (χ1v) is 11.6. The predicted octanol–water partition coefficient (Wildman–Crippen LogP) is 4.75. The van der Waals surface area contributed by atoms with E-state index < -0.39 is 18.5 Å². The highest BCUT2D eigenvalue weighted by atomic mass is 32.1. The van der Waals surface area contributed by atoms with Crippen LogP contribution in [0.25, 0.3) is 22.3 Å². The first-order valence-electron chi connectivity index (χ1n) is 10.7. The number of carbonyl (C=O) groups excluding carboxylic acids is 3. The van der Waals surface area contributed by atoms with Crippen molar-refractivity contribution in [3.8, 4) is 16.3 Å². The summed E-state index contributed by atoms with van der Waals surface area (Å²) in [5.41, 5.74) is 3.52. The molecule has 8 nitrogen and oxygen atoms in total. The number of aromatic nitrogens is 2. The number of carbonyl (C=O) groups is 3. The number of hydrogen-bond donors (Lipinski definition) is 2. The second kappa shape index (κ2) is 11.1. The van der Waals surface area contributed by atoms with Crippen LogP contribution in [0.4, 0.5) is 11.4 Å². The molecule has 9 heteroatoms. The maximum atomic E-state index is 12.2. The van der Waals surface area contributed by atoms with Gasteiger partial charge in [0.15, 0.2) is 6.61 Å². The largest absolute Gasteiger partial charge is 0.452 e. The zero-order valence-corrected chi connectivity index (χ0v) is 19.6. The Morgan fingerprint density at radius 2 is 1.69 bits per heavy atom. The van der Waals surface area contributed by atoms with Gasteiger partial charge in [0.25, 0.3) is 5.91 Å². The summed E-state index contributed by atoms with van der Waals surface area (Å²) in [6.07, 6.45) is 4.74. The molecule has 0 saturated heterocycles. The molecule has 0 aliphatic rings. The van der Waals surface area contributed by atoms with Gasteiger partial charge in [0.05, 0.1) is 10.6 Å². The van der Waals surface area contributed by atoms with Crippen molar-refractivity contribution in [2.45, 2.75) is 6.92 Å². The summed E-state index contributed by atoms with van der Waals surface area (Å²) in [6.45, 7) is 0.981. The van der Waals surface area contributed by atoms with Crippen molar-refractivity contribution in [2.24, 2.45) is 0 Å². The Kier molecular flexibility index (Phi) is 7.49. The van der Waals surface area contributed by atoms with Crippen molar-refractivity contribution in [2.75, 3.05) is 17.2 Å². The SMILES string of the molecule is CC(=O)Nc1ccc(NC(=O)COC(=O)/C=C/c2cn(-c3ccccc3)nc2-c2cccs2)cc1. The number of amides is 2. The van der Waals surface area contributed by atoms with E-state index in [-0.39, 0.29) is 5.91 Å². The standard InChI is InChI=1S/C26H22N4O4S/c1-18(31)27-20-10-12-21(13-11-20)28-24(32)17-34-25(33)14-9-19-16-30(22-6-3-2-4-7-22)29-26(19)23-8-5-15-35-23/h2-16H,17H2,1H3,(H,27,31)(H,28,32)/b14-9+. The summed E-state index contributed by atoms with van der Waals surface area (Å²) in [6, 6.07) is 20.2. The van der Waals surface area contributed by atoms with Gasteiger partial charge < -0.3 is 15.4 Å². The zero-order chi connectivity index (χ0) is 24.6. The van der Waals surface area contributed by atoms with Crippen LogP contribution in [0.5, 0.6) is 0 Å². The Morgan fingerprint density at radius 3 is 2.34 bits per heavy atom. The molecule has 0 radical (unpaired) electrons. The van der Waals surface area contributed by atoms with Crippen molar-refractivity contribution < 1.29 is 19.1 Å². The molecule has 0 fully saturated rings. The molecule has 0 bridgehead atoms.